The van der Waals surface area contributed by atoms with Gasteiger partial charge >= 0.3 is 0 Å². The average molecular weight is 492 g/mol. The normalized spacial score (nSPS) is 25.2. The summed E-state index contributed by atoms with van der Waals surface area (Å²) >= 11 is 0. The van der Waals surface area contributed by atoms with Crippen molar-refractivity contribution in [2.75, 3.05) is 51.4 Å². The van der Waals surface area contributed by atoms with Gasteiger partial charge in [-0.2, -0.15) is 0 Å². The first kappa shape index (κ1) is 23.5. The number of anilines is 1. The fourth-order valence-electron chi connectivity index (χ4n) is 6.26. The van der Waals surface area contributed by atoms with Gasteiger partial charge < -0.3 is 29.2 Å². The number of imidazole rings is 1. The molecule has 1 aromatic carbocycles. The molecule has 2 aromatic rings. The first-order chi connectivity index (χ1) is 17.7. The van der Waals surface area contributed by atoms with Gasteiger partial charge in [-0.15, -0.1) is 0 Å². The third-order valence-electron chi connectivity index (χ3n) is 8.22. The van der Waals surface area contributed by atoms with E-state index in [-0.39, 0.29) is 6.04 Å². The van der Waals surface area contributed by atoms with Crippen molar-refractivity contribution in [2.24, 2.45) is 10.9 Å². The molecule has 0 saturated carbocycles. The molecule has 0 aliphatic carbocycles. The zero-order valence-corrected chi connectivity index (χ0v) is 21.2. The van der Waals surface area contributed by atoms with Crippen molar-refractivity contribution in [3.05, 3.63) is 30.1 Å². The molecule has 2 atom stereocenters. The Morgan fingerprint density at radius 3 is 2.83 bits per heavy atom. The van der Waals surface area contributed by atoms with Crippen LogP contribution in [0.1, 0.15) is 37.8 Å². The number of hydrogen-bond donors (Lipinski definition) is 2. The summed E-state index contributed by atoms with van der Waals surface area (Å²) in [6, 6.07) is 7.48. The Hall–Kier alpha value is -2.91. The number of hydrogen-bond acceptors (Lipinski definition) is 6. The van der Waals surface area contributed by atoms with E-state index in [1.54, 1.807) is 0 Å². The Morgan fingerprint density at radius 2 is 2.03 bits per heavy atom. The van der Waals surface area contributed by atoms with E-state index in [2.05, 4.69) is 49.9 Å². The van der Waals surface area contributed by atoms with Crippen molar-refractivity contribution in [1.82, 2.24) is 19.8 Å². The number of amidine groups is 1. The minimum Gasteiger partial charge on any atom is -0.491 e. The van der Waals surface area contributed by atoms with E-state index in [1.165, 1.54) is 44.5 Å². The molecule has 0 spiro atoms. The van der Waals surface area contributed by atoms with Crippen LogP contribution in [0.25, 0.3) is 11.4 Å². The number of nitrogens with zero attached hydrogens (tertiary/aromatic N) is 5. The highest BCUT2D eigenvalue weighted by molar-refractivity contribution is 6.01. The van der Waals surface area contributed by atoms with Crippen LogP contribution in [0.3, 0.4) is 0 Å². The molecule has 3 saturated heterocycles. The van der Waals surface area contributed by atoms with Crippen molar-refractivity contribution in [3.8, 4) is 17.1 Å². The van der Waals surface area contributed by atoms with E-state index in [0.717, 1.165) is 61.2 Å². The molecule has 6 rings (SSSR count). The Labute approximate surface area is 213 Å². The first-order valence-corrected chi connectivity index (χ1v) is 13.4. The second-order valence-corrected chi connectivity index (χ2v) is 10.5. The molecular weight excluding hydrogens is 454 g/mol. The van der Waals surface area contributed by atoms with Gasteiger partial charge in [0.15, 0.2) is 5.84 Å². The van der Waals surface area contributed by atoms with E-state index in [0.29, 0.717) is 25.1 Å². The van der Waals surface area contributed by atoms with Crippen LogP contribution in [0.5, 0.6) is 5.75 Å². The van der Waals surface area contributed by atoms with Crippen LogP contribution in [0.2, 0.25) is 0 Å². The molecule has 36 heavy (non-hydrogen) atoms. The van der Waals surface area contributed by atoms with Gasteiger partial charge in [-0.3, -0.25) is 5.41 Å². The summed E-state index contributed by atoms with van der Waals surface area (Å²) in [6.07, 6.45) is 9.15. The smallest absolute Gasteiger partial charge is 0.155 e. The lowest BCUT2D eigenvalue weighted by molar-refractivity contribution is 0.192. The monoisotopic (exact) mass is 491 g/mol. The minimum absolute atomic E-state index is 0.196. The number of rotatable bonds is 5. The van der Waals surface area contributed by atoms with E-state index in [1.807, 2.05) is 6.20 Å². The van der Waals surface area contributed by atoms with Crippen molar-refractivity contribution < 1.29 is 9.47 Å². The minimum atomic E-state index is 0.196. The number of piperidine rings is 1. The van der Waals surface area contributed by atoms with Gasteiger partial charge in [-0.05, 0) is 70.3 Å². The molecule has 5 heterocycles. The standard InChI is InChI=1S/C27H37N7O2/c1-32-10-6-19(7-11-32)24-3-2-9-34(24)21-4-5-22-25(15-21)36-14-12-33-16-23(31-27(22)33)26(29-18-28)30-20-8-13-35-17-20/h4-5,15-16,18-20,24H,2-3,6-14,17H2,1H3,(H2,28,29,30). The van der Waals surface area contributed by atoms with Crippen molar-refractivity contribution >= 4 is 17.9 Å². The summed E-state index contributed by atoms with van der Waals surface area (Å²) in [4.78, 5) is 14.3. The molecule has 192 valence electrons. The molecule has 3 fully saturated rings. The van der Waals surface area contributed by atoms with Crippen molar-refractivity contribution in [2.45, 2.75) is 50.7 Å². The Kier molecular flexibility index (Phi) is 6.67. The molecule has 0 radical (unpaired) electrons. The maximum Gasteiger partial charge on any atom is 0.155 e. The van der Waals surface area contributed by atoms with Crippen LogP contribution in [-0.4, -0.2) is 85.2 Å². The third kappa shape index (κ3) is 4.62. The molecule has 1 aromatic heterocycles. The number of nitrogens with one attached hydrogen (secondary N) is 2. The Morgan fingerprint density at radius 1 is 1.14 bits per heavy atom. The topological polar surface area (TPSA) is 91.0 Å². The molecule has 4 aliphatic heterocycles. The van der Waals surface area contributed by atoms with Gasteiger partial charge in [0.1, 0.15) is 30.2 Å². The zero-order chi connectivity index (χ0) is 24.5. The molecule has 9 heteroatoms. The highest BCUT2D eigenvalue weighted by Crippen LogP contribution is 2.39. The highest BCUT2D eigenvalue weighted by Gasteiger charge is 2.34. The van der Waals surface area contributed by atoms with E-state index in [4.69, 9.17) is 19.9 Å². The fraction of sp³-hybridized carbons (Fsp3) is 0.593. The second-order valence-electron chi connectivity index (χ2n) is 10.5. The molecule has 2 unspecified atom stereocenters. The Balaban J connectivity index is 1.26. The molecule has 9 nitrogen and oxygen atoms in total. The van der Waals surface area contributed by atoms with Crippen LogP contribution in [-0.2, 0) is 11.3 Å². The predicted molar refractivity (Wildman–Crippen MR) is 141 cm³/mol. The van der Waals surface area contributed by atoms with Crippen LogP contribution in [0, 0.1) is 11.3 Å². The predicted octanol–water partition coefficient (Wildman–Crippen LogP) is 2.99. The van der Waals surface area contributed by atoms with Gasteiger partial charge in [-0.25, -0.2) is 9.98 Å². The van der Waals surface area contributed by atoms with E-state index < -0.39 is 0 Å². The van der Waals surface area contributed by atoms with Gasteiger partial charge in [0, 0.05) is 37.1 Å². The van der Waals surface area contributed by atoms with E-state index in [9.17, 15) is 0 Å². The van der Waals surface area contributed by atoms with Gasteiger partial charge in [0.25, 0.3) is 0 Å². The van der Waals surface area contributed by atoms with Gasteiger partial charge in [0.05, 0.1) is 24.8 Å². The lowest BCUT2D eigenvalue weighted by Gasteiger charge is -2.38. The average Bonchev–Trinajstić information content (AvgIpc) is 3.64. The third-order valence-corrected chi connectivity index (χ3v) is 8.22. The molecule has 2 N–H and O–H groups in total. The second kappa shape index (κ2) is 10.2. The van der Waals surface area contributed by atoms with Crippen molar-refractivity contribution in [1.29, 1.82) is 5.41 Å². The zero-order valence-electron chi connectivity index (χ0n) is 21.2. The SMILES string of the molecule is CN1CCC(C2CCCN2c2ccc3c(c2)OCCn2cc(/C(=N/C=N)NC4CCOC4)nc2-3)CC1. The van der Waals surface area contributed by atoms with Crippen LogP contribution in [0.15, 0.2) is 29.4 Å². The molecule has 4 aliphatic rings. The summed E-state index contributed by atoms with van der Waals surface area (Å²) in [5.74, 6) is 3.19. The highest BCUT2D eigenvalue weighted by atomic mass is 16.5. The lowest BCUT2D eigenvalue weighted by atomic mass is 9.88. The molecular formula is C27H37N7O2. The summed E-state index contributed by atoms with van der Waals surface area (Å²) in [7, 11) is 2.24. The Bertz CT molecular complexity index is 1120. The number of aromatic nitrogens is 2. The number of benzene rings is 1. The maximum absolute atomic E-state index is 7.53. The number of fused-ring (bicyclic) bond motifs is 3. The summed E-state index contributed by atoms with van der Waals surface area (Å²) in [6.45, 7) is 6.25. The molecule has 0 amide bonds. The maximum atomic E-state index is 7.53. The van der Waals surface area contributed by atoms with Crippen LogP contribution >= 0.6 is 0 Å². The van der Waals surface area contributed by atoms with E-state index >= 15 is 0 Å². The quantitative estimate of drug-likeness (QED) is 0.494. The number of ether oxygens (including phenoxy) is 2. The van der Waals surface area contributed by atoms with Gasteiger partial charge in [-0.1, -0.05) is 0 Å². The summed E-state index contributed by atoms with van der Waals surface area (Å²) < 4.78 is 13.9. The van der Waals surface area contributed by atoms with Crippen molar-refractivity contribution in [3.63, 3.8) is 0 Å². The first-order valence-electron chi connectivity index (χ1n) is 13.4. The van der Waals surface area contributed by atoms with Crippen LogP contribution < -0.4 is 15.0 Å². The fourth-order valence-corrected chi connectivity index (χ4v) is 6.26. The molecule has 0 bridgehead atoms. The van der Waals surface area contributed by atoms with Crippen LogP contribution in [0.4, 0.5) is 5.69 Å². The largest absolute Gasteiger partial charge is 0.491 e. The summed E-state index contributed by atoms with van der Waals surface area (Å²) in [5.41, 5.74) is 3.03. The number of aliphatic imine (C=N–C) groups is 1. The lowest BCUT2D eigenvalue weighted by Crippen LogP contribution is -2.41. The summed E-state index contributed by atoms with van der Waals surface area (Å²) in [5, 5.41) is 11.0. The number of likely N-dealkylation sites (tertiary alicyclic amines) is 1. The van der Waals surface area contributed by atoms with Gasteiger partial charge in [0.2, 0.25) is 0 Å².